The molecule has 0 unspecified atom stereocenters. The number of nitrogens with one attached hydrogen (secondary N) is 3. The van der Waals surface area contributed by atoms with Crippen LogP contribution in [-0.2, 0) is 9.59 Å². The lowest BCUT2D eigenvalue weighted by Gasteiger charge is -2.33. The van der Waals surface area contributed by atoms with Crippen LogP contribution in [0.2, 0.25) is 0 Å². The van der Waals surface area contributed by atoms with Gasteiger partial charge < -0.3 is 37.3 Å². The standard InChI is InChI=1S/C18H31N5O2.C11H14N6/c1-14-16(19-5)11-15(12-20-14)21-17(25)13-23(9-10-24)8-7-22(6)18(2,3)4;1-15-6-9(4-12)8-2-3-10(16-7-8)11(5-13)17-14/h10-12,19H,7-9,13H2,1-6H3,(H,21,25);2-7,13H,12,14H2,1H3/b;9-4+,13-5?,15-6?,17-11-. The van der Waals surface area contributed by atoms with Crippen molar-refractivity contribution in [1.29, 1.82) is 5.41 Å². The van der Waals surface area contributed by atoms with E-state index in [1.165, 1.54) is 6.20 Å². The van der Waals surface area contributed by atoms with Gasteiger partial charge in [0.15, 0.2) is 0 Å². The Kier molecular flexibility index (Phi) is 15.3. The quantitative estimate of drug-likeness (QED) is 0.102. The van der Waals surface area contributed by atoms with Crippen LogP contribution in [0.15, 0.2) is 46.9 Å². The lowest BCUT2D eigenvalue weighted by molar-refractivity contribution is -0.118. The third kappa shape index (κ3) is 11.9. The number of amides is 1. The molecule has 13 nitrogen and oxygen atoms in total. The van der Waals surface area contributed by atoms with E-state index in [0.29, 0.717) is 23.6 Å². The predicted octanol–water partition coefficient (Wildman–Crippen LogP) is 2.00. The van der Waals surface area contributed by atoms with Crippen LogP contribution in [0.3, 0.4) is 0 Å². The van der Waals surface area contributed by atoms with Gasteiger partial charge in [0, 0.05) is 68.7 Å². The molecular weight excluding hydrogens is 534 g/mol. The van der Waals surface area contributed by atoms with Gasteiger partial charge in [0.1, 0.15) is 12.0 Å². The monoisotopic (exact) mass is 579 g/mol. The van der Waals surface area contributed by atoms with E-state index in [0.717, 1.165) is 41.6 Å². The fraction of sp³-hybridized carbons (Fsp3) is 0.414. The molecule has 228 valence electrons. The molecule has 13 heteroatoms. The maximum atomic E-state index is 12.3. The fourth-order valence-corrected chi connectivity index (χ4v) is 3.47. The van der Waals surface area contributed by atoms with Gasteiger partial charge in [0.05, 0.1) is 42.0 Å². The van der Waals surface area contributed by atoms with E-state index in [1.807, 2.05) is 38.1 Å². The zero-order valence-corrected chi connectivity index (χ0v) is 25.7. The summed E-state index contributed by atoms with van der Waals surface area (Å²) in [5, 5.41) is 16.4. The summed E-state index contributed by atoms with van der Waals surface area (Å²) < 4.78 is 0. The average Bonchev–Trinajstić information content (AvgIpc) is 2.96. The number of hydrogen-bond donors (Lipinski definition) is 5. The van der Waals surface area contributed by atoms with Crippen LogP contribution in [0.1, 0.15) is 37.7 Å². The van der Waals surface area contributed by atoms with Crippen molar-refractivity contribution in [3.63, 3.8) is 0 Å². The number of nitrogens with zero attached hydrogens (tertiary/aromatic N) is 6. The highest BCUT2D eigenvalue weighted by atomic mass is 16.2. The molecule has 0 aliphatic rings. The van der Waals surface area contributed by atoms with Crippen LogP contribution in [0.25, 0.3) is 5.57 Å². The summed E-state index contributed by atoms with van der Waals surface area (Å²) in [6.07, 6.45) is 8.24. The maximum Gasteiger partial charge on any atom is 0.238 e. The van der Waals surface area contributed by atoms with E-state index in [1.54, 1.807) is 31.7 Å². The first kappa shape index (κ1) is 35.5. The summed E-state index contributed by atoms with van der Waals surface area (Å²) in [5.74, 6) is 4.97. The van der Waals surface area contributed by atoms with E-state index < -0.39 is 0 Å². The number of pyridine rings is 2. The SMILES string of the molecule is CN=C/C(=C\N)c1ccc(/C(C=N)=N\N)nc1.CNc1cc(NC(=O)CN(CC=O)CCN(C)C(C)(C)C)cnc1C. The molecule has 0 saturated heterocycles. The molecule has 0 fully saturated rings. The summed E-state index contributed by atoms with van der Waals surface area (Å²) in [5.41, 5.74) is 10.4. The van der Waals surface area contributed by atoms with E-state index in [-0.39, 0.29) is 24.5 Å². The molecule has 1 amide bonds. The number of aldehydes is 1. The Hall–Kier alpha value is -4.49. The highest BCUT2D eigenvalue weighted by Gasteiger charge is 2.18. The van der Waals surface area contributed by atoms with E-state index in [4.69, 9.17) is 17.0 Å². The molecular formula is C29H45N11O2. The van der Waals surface area contributed by atoms with Gasteiger partial charge in [-0.2, -0.15) is 5.10 Å². The van der Waals surface area contributed by atoms with Crippen molar-refractivity contribution in [3.05, 3.63) is 53.7 Å². The van der Waals surface area contributed by atoms with Crippen LogP contribution in [0.5, 0.6) is 0 Å². The number of carbonyl (C=O) groups is 2. The minimum absolute atomic E-state index is 0.0478. The van der Waals surface area contributed by atoms with Gasteiger partial charge in [-0.3, -0.25) is 24.7 Å². The second-order valence-corrected chi connectivity index (χ2v) is 10.2. The van der Waals surface area contributed by atoms with Crippen molar-refractivity contribution >= 4 is 47.3 Å². The number of likely N-dealkylation sites (N-methyl/N-ethyl adjacent to an activating group) is 1. The van der Waals surface area contributed by atoms with Crippen molar-refractivity contribution in [2.45, 2.75) is 33.2 Å². The minimum atomic E-state index is -0.159. The smallest absolute Gasteiger partial charge is 0.238 e. The van der Waals surface area contributed by atoms with Crippen LogP contribution >= 0.6 is 0 Å². The highest BCUT2D eigenvalue weighted by Crippen LogP contribution is 2.17. The Labute approximate surface area is 248 Å². The Morgan fingerprint density at radius 1 is 1.19 bits per heavy atom. The summed E-state index contributed by atoms with van der Waals surface area (Å²) in [7, 11) is 5.52. The van der Waals surface area contributed by atoms with E-state index in [2.05, 4.69) is 56.4 Å². The van der Waals surface area contributed by atoms with Crippen molar-refractivity contribution in [1.82, 2.24) is 19.8 Å². The number of nitrogens with two attached hydrogens (primary N) is 2. The molecule has 2 heterocycles. The van der Waals surface area contributed by atoms with Gasteiger partial charge in [0.25, 0.3) is 0 Å². The maximum absolute atomic E-state index is 12.3. The molecule has 2 aromatic rings. The number of aryl methyl sites for hydroxylation is 1. The van der Waals surface area contributed by atoms with Crippen molar-refractivity contribution < 1.29 is 9.59 Å². The molecule has 0 aliphatic carbocycles. The van der Waals surface area contributed by atoms with Gasteiger partial charge in [0.2, 0.25) is 5.91 Å². The number of aromatic nitrogens is 2. The van der Waals surface area contributed by atoms with Crippen molar-refractivity contribution in [2.24, 2.45) is 21.7 Å². The zero-order chi connectivity index (χ0) is 31.7. The molecule has 42 heavy (non-hydrogen) atoms. The third-order valence-electron chi connectivity index (χ3n) is 6.32. The molecule has 2 aromatic heterocycles. The Bertz CT molecular complexity index is 1250. The lowest BCUT2D eigenvalue weighted by Crippen LogP contribution is -2.44. The second kappa shape index (κ2) is 18.0. The molecule has 0 radical (unpaired) electrons. The number of carbonyl (C=O) groups excluding carboxylic acids is 2. The van der Waals surface area contributed by atoms with Gasteiger partial charge in [-0.1, -0.05) is 6.07 Å². The number of hydrazone groups is 1. The predicted molar refractivity (Wildman–Crippen MR) is 172 cm³/mol. The largest absolute Gasteiger partial charge is 0.404 e. The molecule has 0 saturated carbocycles. The molecule has 0 atom stereocenters. The lowest BCUT2D eigenvalue weighted by atomic mass is 10.1. The number of hydrogen-bond acceptors (Lipinski definition) is 12. The second-order valence-electron chi connectivity index (χ2n) is 10.2. The van der Waals surface area contributed by atoms with Crippen molar-refractivity contribution in [3.8, 4) is 0 Å². The topological polar surface area (TPSA) is 191 Å². The van der Waals surface area contributed by atoms with Crippen LogP contribution in [0.4, 0.5) is 11.4 Å². The van der Waals surface area contributed by atoms with Crippen molar-refractivity contribution in [2.75, 3.05) is 58.0 Å². The number of rotatable bonds is 13. The molecule has 0 spiro atoms. The fourth-order valence-electron chi connectivity index (χ4n) is 3.47. The van der Waals surface area contributed by atoms with E-state index in [9.17, 15) is 9.59 Å². The van der Waals surface area contributed by atoms with Gasteiger partial charge in [-0.15, -0.1) is 0 Å². The zero-order valence-electron chi connectivity index (χ0n) is 25.7. The summed E-state index contributed by atoms with van der Waals surface area (Å²) in [4.78, 5) is 39.5. The molecule has 0 bridgehead atoms. The number of allylic oxidation sites excluding steroid dienone is 1. The Balaban J connectivity index is 0.000000452. The van der Waals surface area contributed by atoms with Crippen LogP contribution in [-0.4, -0.2) is 103 Å². The van der Waals surface area contributed by atoms with Gasteiger partial charge in [-0.05, 0) is 46.9 Å². The molecule has 7 N–H and O–H groups in total. The van der Waals surface area contributed by atoms with E-state index >= 15 is 0 Å². The first-order chi connectivity index (χ1) is 19.9. The Morgan fingerprint density at radius 2 is 1.90 bits per heavy atom. The first-order valence-corrected chi connectivity index (χ1v) is 13.3. The minimum Gasteiger partial charge on any atom is -0.404 e. The normalized spacial score (nSPS) is 12.2. The molecule has 0 aliphatic heterocycles. The average molecular weight is 580 g/mol. The van der Waals surface area contributed by atoms with Crippen LogP contribution < -0.4 is 22.2 Å². The molecule has 0 aromatic carbocycles. The van der Waals surface area contributed by atoms with Crippen LogP contribution in [0, 0.1) is 12.3 Å². The first-order valence-electron chi connectivity index (χ1n) is 13.3. The molecule has 2 rings (SSSR count). The summed E-state index contributed by atoms with van der Waals surface area (Å²) >= 11 is 0. The Morgan fingerprint density at radius 3 is 2.40 bits per heavy atom. The third-order valence-corrected chi connectivity index (χ3v) is 6.32. The highest BCUT2D eigenvalue weighted by molar-refractivity contribution is 6.36. The number of aliphatic imine (C=N–C) groups is 1. The number of anilines is 2. The van der Waals surface area contributed by atoms with Gasteiger partial charge in [-0.25, -0.2) is 0 Å². The summed E-state index contributed by atoms with van der Waals surface area (Å²) in [6.45, 7) is 10.1. The van der Waals surface area contributed by atoms with Gasteiger partial charge >= 0.3 is 0 Å². The summed E-state index contributed by atoms with van der Waals surface area (Å²) in [6, 6.07) is 5.38.